The maximum Gasteiger partial charge on any atom is 0.0551 e. The normalized spacial score (nSPS) is 17.9. The lowest BCUT2D eigenvalue weighted by Gasteiger charge is -2.16. The fourth-order valence-electron chi connectivity index (χ4n) is 3.70. The first-order valence-electron chi connectivity index (χ1n) is 8.38. The van der Waals surface area contributed by atoms with E-state index in [1.54, 1.807) is 11.1 Å². The van der Waals surface area contributed by atoms with Gasteiger partial charge in [-0.05, 0) is 48.1 Å². The summed E-state index contributed by atoms with van der Waals surface area (Å²) in [7, 11) is -0.241. The van der Waals surface area contributed by atoms with E-state index >= 15 is 0 Å². The van der Waals surface area contributed by atoms with Crippen LogP contribution in [0.3, 0.4) is 0 Å². The maximum atomic E-state index is 2.40. The Balaban J connectivity index is 0.000000140. The van der Waals surface area contributed by atoms with E-state index < -0.39 is 0 Å². The van der Waals surface area contributed by atoms with Crippen LogP contribution in [0.4, 0.5) is 0 Å². The molecular weight excluding hydrogens is 292 g/mol. The van der Waals surface area contributed by atoms with Gasteiger partial charge in [0.25, 0.3) is 0 Å². The van der Waals surface area contributed by atoms with Crippen molar-refractivity contribution in [1.29, 1.82) is 0 Å². The molecular formula is C22H25Si. The fraction of sp³-hybridized carbons (Fsp3) is 0.273. The number of hydrogen-bond acceptors (Lipinski definition) is 0. The molecule has 0 N–H and O–H groups in total. The molecule has 23 heavy (non-hydrogen) atoms. The molecule has 0 aromatic heterocycles. The van der Waals surface area contributed by atoms with Gasteiger partial charge in [0, 0.05) is 0 Å². The molecule has 1 unspecified atom stereocenters. The highest BCUT2D eigenvalue weighted by Gasteiger charge is 2.25. The van der Waals surface area contributed by atoms with Crippen LogP contribution >= 0.6 is 0 Å². The highest BCUT2D eigenvalue weighted by atomic mass is 28.3. The highest BCUT2D eigenvalue weighted by Crippen LogP contribution is 2.37. The Morgan fingerprint density at radius 3 is 2.17 bits per heavy atom. The lowest BCUT2D eigenvalue weighted by molar-refractivity contribution is 1.10. The minimum absolute atomic E-state index is 0.241. The average Bonchev–Trinajstić information content (AvgIpc) is 3.05. The van der Waals surface area contributed by atoms with Gasteiger partial charge in [-0.1, -0.05) is 84.9 Å². The van der Waals surface area contributed by atoms with Crippen molar-refractivity contribution in [3.63, 3.8) is 0 Å². The Hall–Kier alpha value is -1.86. The van der Waals surface area contributed by atoms with E-state index in [0.29, 0.717) is 0 Å². The summed E-state index contributed by atoms with van der Waals surface area (Å²) in [4.78, 5) is 0. The van der Waals surface area contributed by atoms with Crippen molar-refractivity contribution < 1.29 is 0 Å². The minimum Gasteiger partial charge on any atom is -0.0705 e. The van der Waals surface area contributed by atoms with Crippen molar-refractivity contribution in [3.8, 4) is 0 Å². The first-order chi connectivity index (χ1) is 11.1. The Morgan fingerprint density at radius 1 is 0.826 bits per heavy atom. The molecule has 1 heteroatoms. The Bertz CT molecular complexity index is 765. The molecule has 2 aliphatic carbocycles. The first kappa shape index (κ1) is 16.0. The fourth-order valence-corrected chi connectivity index (χ4v) is 5.58. The van der Waals surface area contributed by atoms with Gasteiger partial charge in [-0.3, -0.25) is 0 Å². The van der Waals surface area contributed by atoms with E-state index in [2.05, 4.69) is 87.6 Å². The summed E-state index contributed by atoms with van der Waals surface area (Å²) in [6, 6.07) is 17.4. The van der Waals surface area contributed by atoms with Crippen molar-refractivity contribution in [2.75, 3.05) is 0 Å². The molecule has 0 bridgehead atoms. The van der Waals surface area contributed by atoms with Crippen LogP contribution in [-0.4, -0.2) is 8.80 Å². The van der Waals surface area contributed by atoms with Crippen LogP contribution in [0.15, 0.2) is 59.7 Å². The third kappa shape index (κ3) is 3.40. The number of fused-ring (bicyclic) bond motifs is 2. The molecule has 0 saturated carbocycles. The quantitative estimate of drug-likeness (QED) is 0.555. The molecule has 117 valence electrons. The van der Waals surface area contributed by atoms with Crippen LogP contribution in [0.2, 0.25) is 13.1 Å². The molecule has 2 aliphatic rings. The molecule has 1 atom stereocenters. The van der Waals surface area contributed by atoms with Crippen LogP contribution in [-0.2, 0) is 6.42 Å². The summed E-state index contributed by atoms with van der Waals surface area (Å²) < 4.78 is 0. The smallest absolute Gasteiger partial charge is 0.0551 e. The molecule has 2 aromatic carbocycles. The zero-order valence-electron chi connectivity index (χ0n) is 14.6. The lowest BCUT2D eigenvalue weighted by Crippen LogP contribution is -2.14. The second kappa shape index (κ2) is 6.72. The number of rotatable bonds is 1. The van der Waals surface area contributed by atoms with Gasteiger partial charge < -0.3 is 0 Å². The summed E-state index contributed by atoms with van der Waals surface area (Å²) in [6.45, 7) is 9.24. The summed E-state index contributed by atoms with van der Waals surface area (Å²) in [5.74, 6) is 0. The average molecular weight is 318 g/mol. The number of hydrogen-bond donors (Lipinski definition) is 0. The molecule has 0 amide bonds. The summed E-state index contributed by atoms with van der Waals surface area (Å²) in [6.07, 6.45) is 5.75. The van der Waals surface area contributed by atoms with Crippen LogP contribution < -0.4 is 0 Å². The Morgan fingerprint density at radius 2 is 1.48 bits per heavy atom. The lowest BCUT2D eigenvalue weighted by atomic mass is 10.1. The third-order valence-electron chi connectivity index (χ3n) is 4.65. The van der Waals surface area contributed by atoms with Gasteiger partial charge in [0.1, 0.15) is 0 Å². The first-order valence-corrected chi connectivity index (χ1v) is 11.0. The summed E-state index contributed by atoms with van der Waals surface area (Å²) in [5, 5.41) is 0. The Kier molecular flexibility index (Phi) is 4.68. The SMILES string of the molecule is CC1=Cc2ccccc2C1.CC1=Cc2ccccc2C1[Si](C)C. The topological polar surface area (TPSA) is 0 Å². The van der Waals surface area contributed by atoms with Gasteiger partial charge in [0.2, 0.25) is 0 Å². The molecule has 0 aliphatic heterocycles. The monoisotopic (exact) mass is 317 g/mol. The molecule has 0 nitrogen and oxygen atoms in total. The summed E-state index contributed by atoms with van der Waals surface area (Å²) >= 11 is 0. The largest absolute Gasteiger partial charge is 0.0705 e. The van der Waals surface area contributed by atoms with Crippen LogP contribution in [0, 0.1) is 0 Å². The number of allylic oxidation sites excluding steroid dienone is 2. The van der Waals surface area contributed by atoms with Gasteiger partial charge in [-0.25, -0.2) is 0 Å². The van der Waals surface area contributed by atoms with Crippen molar-refractivity contribution in [2.45, 2.75) is 38.9 Å². The molecule has 0 saturated heterocycles. The van der Waals surface area contributed by atoms with E-state index in [1.165, 1.54) is 22.3 Å². The van der Waals surface area contributed by atoms with Crippen molar-refractivity contribution >= 4 is 20.9 Å². The summed E-state index contributed by atoms with van der Waals surface area (Å²) in [5.41, 5.74) is 9.65. The van der Waals surface area contributed by atoms with E-state index in [1.807, 2.05) is 0 Å². The van der Waals surface area contributed by atoms with Gasteiger partial charge >= 0.3 is 0 Å². The zero-order chi connectivity index (χ0) is 16.4. The van der Waals surface area contributed by atoms with Crippen LogP contribution in [0.5, 0.6) is 0 Å². The highest BCUT2D eigenvalue weighted by molar-refractivity contribution is 6.58. The second-order valence-corrected chi connectivity index (χ2v) is 9.63. The maximum absolute atomic E-state index is 2.40. The predicted molar refractivity (Wildman–Crippen MR) is 104 cm³/mol. The standard InChI is InChI=1S/C12H15Si.C10H10/c1-9-8-10-6-4-5-7-11(10)12(9)13(2)3;1-8-6-9-4-2-3-5-10(9)7-8/h4-8,12H,1-3H3;2-6H,7H2,1H3. The minimum atomic E-state index is -0.241. The van der Waals surface area contributed by atoms with E-state index in [4.69, 9.17) is 0 Å². The Labute approximate surface area is 142 Å². The van der Waals surface area contributed by atoms with Crippen molar-refractivity contribution in [1.82, 2.24) is 0 Å². The number of benzene rings is 2. The van der Waals surface area contributed by atoms with Crippen LogP contribution in [0.1, 0.15) is 41.6 Å². The molecule has 1 radical (unpaired) electrons. The van der Waals surface area contributed by atoms with Crippen molar-refractivity contribution in [2.24, 2.45) is 0 Å². The van der Waals surface area contributed by atoms with Gasteiger partial charge in [0.15, 0.2) is 0 Å². The zero-order valence-corrected chi connectivity index (χ0v) is 15.6. The molecule has 2 aromatic rings. The molecule has 0 fully saturated rings. The van der Waals surface area contributed by atoms with E-state index in [9.17, 15) is 0 Å². The van der Waals surface area contributed by atoms with Gasteiger partial charge in [0.05, 0.1) is 8.80 Å². The molecule has 0 heterocycles. The van der Waals surface area contributed by atoms with Crippen molar-refractivity contribution in [3.05, 3.63) is 81.9 Å². The van der Waals surface area contributed by atoms with Gasteiger partial charge in [-0.2, -0.15) is 0 Å². The van der Waals surface area contributed by atoms with E-state index in [0.717, 1.165) is 12.0 Å². The second-order valence-electron chi connectivity index (χ2n) is 6.89. The third-order valence-corrected chi connectivity index (χ3v) is 6.57. The van der Waals surface area contributed by atoms with E-state index in [-0.39, 0.29) is 8.80 Å². The predicted octanol–water partition coefficient (Wildman–Crippen LogP) is 6.13. The van der Waals surface area contributed by atoms with Crippen LogP contribution in [0.25, 0.3) is 12.2 Å². The molecule has 0 spiro atoms. The molecule has 4 rings (SSSR count). The van der Waals surface area contributed by atoms with Gasteiger partial charge in [-0.15, -0.1) is 0 Å².